The van der Waals surface area contributed by atoms with E-state index in [4.69, 9.17) is 0 Å². The second kappa shape index (κ2) is 12.1. The molecule has 0 fully saturated rings. The van der Waals surface area contributed by atoms with Gasteiger partial charge in [-0.3, -0.25) is 34.1 Å². The monoisotopic (exact) mass is 589 g/mol. The third-order valence-electron chi connectivity index (χ3n) is 6.55. The SMILES string of the molecule is O=c1c([N+](=O)[O-])c(/C=C/c2cnn(Cc3ccccc3C(F)(F)F)c2)n(Cc2ccncc2)c(=O)n1Cc1ccncc1. The van der Waals surface area contributed by atoms with Crippen LogP contribution < -0.4 is 11.2 Å². The molecule has 0 atom stereocenters. The summed E-state index contributed by atoms with van der Waals surface area (Å²) in [4.78, 5) is 46.2. The summed E-state index contributed by atoms with van der Waals surface area (Å²) in [5, 5.41) is 16.3. The highest BCUT2D eigenvalue weighted by molar-refractivity contribution is 5.71. The van der Waals surface area contributed by atoms with Crippen molar-refractivity contribution >= 4 is 17.8 Å². The number of nitro groups is 1. The maximum Gasteiger partial charge on any atom is 0.416 e. The van der Waals surface area contributed by atoms with E-state index in [0.717, 1.165) is 15.2 Å². The van der Waals surface area contributed by atoms with Crippen LogP contribution in [-0.2, 0) is 25.8 Å². The molecule has 0 aliphatic carbocycles. The summed E-state index contributed by atoms with van der Waals surface area (Å²) in [6.07, 6.45) is 6.87. The Kier molecular flexibility index (Phi) is 8.09. The van der Waals surface area contributed by atoms with Gasteiger partial charge < -0.3 is 0 Å². The number of halogens is 3. The standard InChI is InChI=1S/C29H22F3N7O4/c30-29(31,32)24-4-2-1-3-23(24)19-36-16-22(15-35-36)5-6-25-26(39(42)43)27(40)38(18-21-9-13-34-14-10-21)28(41)37(25)17-20-7-11-33-12-8-20/h1-16H,17-19H2/b6-5+. The molecule has 11 nitrogen and oxygen atoms in total. The van der Waals surface area contributed by atoms with Gasteiger partial charge in [0, 0.05) is 36.5 Å². The molecule has 1 aromatic carbocycles. The van der Waals surface area contributed by atoms with Crippen molar-refractivity contribution in [3.63, 3.8) is 0 Å². The zero-order chi connectivity index (χ0) is 30.6. The molecule has 4 heterocycles. The van der Waals surface area contributed by atoms with Gasteiger partial charge >= 0.3 is 23.1 Å². The molecule has 218 valence electrons. The average Bonchev–Trinajstić information content (AvgIpc) is 3.43. The van der Waals surface area contributed by atoms with Crippen LogP contribution in [0.2, 0.25) is 0 Å². The number of rotatable bonds is 9. The highest BCUT2D eigenvalue weighted by atomic mass is 19.4. The molecule has 5 aromatic rings. The largest absolute Gasteiger partial charge is 0.416 e. The van der Waals surface area contributed by atoms with Crippen molar-refractivity contribution in [1.29, 1.82) is 0 Å². The van der Waals surface area contributed by atoms with Crippen molar-refractivity contribution in [3.05, 3.63) is 150 Å². The van der Waals surface area contributed by atoms with Gasteiger partial charge in [0.2, 0.25) is 0 Å². The zero-order valence-electron chi connectivity index (χ0n) is 22.3. The fraction of sp³-hybridized carbons (Fsp3) is 0.138. The van der Waals surface area contributed by atoms with Crippen LogP contribution in [0.5, 0.6) is 0 Å². The minimum Gasteiger partial charge on any atom is -0.283 e. The molecule has 4 aromatic heterocycles. The van der Waals surface area contributed by atoms with Crippen molar-refractivity contribution in [1.82, 2.24) is 28.9 Å². The minimum absolute atomic E-state index is 0.00765. The number of hydrogen-bond acceptors (Lipinski definition) is 7. The molecule has 0 saturated carbocycles. The third kappa shape index (κ3) is 6.48. The average molecular weight is 590 g/mol. The predicted molar refractivity (Wildman–Crippen MR) is 150 cm³/mol. The molecule has 0 spiro atoms. The molecule has 43 heavy (non-hydrogen) atoms. The van der Waals surface area contributed by atoms with Gasteiger partial charge in [0.05, 0.1) is 36.3 Å². The van der Waals surface area contributed by atoms with E-state index < -0.39 is 33.6 Å². The Morgan fingerprint density at radius 3 is 2.05 bits per heavy atom. The van der Waals surface area contributed by atoms with Gasteiger partial charge in [-0.1, -0.05) is 18.2 Å². The molecule has 0 saturated heterocycles. The normalized spacial score (nSPS) is 11.7. The lowest BCUT2D eigenvalue weighted by molar-refractivity contribution is -0.387. The van der Waals surface area contributed by atoms with E-state index in [1.165, 1.54) is 72.2 Å². The highest BCUT2D eigenvalue weighted by Gasteiger charge is 2.33. The maximum atomic E-state index is 13.7. The van der Waals surface area contributed by atoms with Crippen molar-refractivity contribution < 1.29 is 18.1 Å². The third-order valence-corrected chi connectivity index (χ3v) is 6.55. The van der Waals surface area contributed by atoms with E-state index in [1.54, 1.807) is 24.3 Å². The Labute approximate surface area is 241 Å². The Balaban J connectivity index is 1.56. The summed E-state index contributed by atoms with van der Waals surface area (Å²) in [6, 6.07) is 11.6. The number of aromatic nitrogens is 6. The van der Waals surface area contributed by atoms with Crippen molar-refractivity contribution in [3.8, 4) is 0 Å². The van der Waals surface area contributed by atoms with Gasteiger partial charge in [0.25, 0.3) is 0 Å². The van der Waals surface area contributed by atoms with E-state index in [2.05, 4.69) is 15.1 Å². The van der Waals surface area contributed by atoms with Crippen LogP contribution in [0.25, 0.3) is 12.2 Å². The molecule has 0 N–H and O–H groups in total. The van der Waals surface area contributed by atoms with Gasteiger partial charge in [-0.15, -0.1) is 0 Å². The highest BCUT2D eigenvalue weighted by Crippen LogP contribution is 2.32. The van der Waals surface area contributed by atoms with Gasteiger partial charge in [-0.2, -0.15) is 18.3 Å². The number of pyridine rings is 2. The summed E-state index contributed by atoms with van der Waals surface area (Å²) < 4.78 is 43.5. The smallest absolute Gasteiger partial charge is 0.283 e. The molecule has 0 bridgehead atoms. The predicted octanol–water partition coefficient (Wildman–Crippen LogP) is 4.24. The summed E-state index contributed by atoms with van der Waals surface area (Å²) >= 11 is 0. The van der Waals surface area contributed by atoms with Gasteiger partial charge in [-0.25, -0.2) is 9.36 Å². The van der Waals surface area contributed by atoms with E-state index >= 15 is 0 Å². The second-order valence-corrected chi connectivity index (χ2v) is 9.42. The summed E-state index contributed by atoms with van der Waals surface area (Å²) in [6.45, 7) is -0.499. The number of nitrogens with zero attached hydrogens (tertiary/aromatic N) is 7. The Hall–Kier alpha value is -5.66. The lowest BCUT2D eigenvalue weighted by Gasteiger charge is -2.14. The topological polar surface area (TPSA) is 131 Å². The minimum atomic E-state index is -4.54. The number of hydrogen-bond donors (Lipinski definition) is 0. The van der Waals surface area contributed by atoms with E-state index in [0.29, 0.717) is 16.7 Å². The van der Waals surface area contributed by atoms with Crippen LogP contribution in [0, 0.1) is 10.1 Å². The first kappa shape index (κ1) is 28.9. The number of benzene rings is 1. The molecule has 0 amide bonds. The van der Waals surface area contributed by atoms with Crippen LogP contribution in [0.4, 0.5) is 18.9 Å². The summed E-state index contributed by atoms with van der Waals surface area (Å²) in [7, 11) is 0. The van der Waals surface area contributed by atoms with Crippen LogP contribution >= 0.6 is 0 Å². The van der Waals surface area contributed by atoms with Crippen LogP contribution in [0.3, 0.4) is 0 Å². The second-order valence-electron chi connectivity index (χ2n) is 9.42. The van der Waals surface area contributed by atoms with Crippen molar-refractivity contribution in [2.45, 2.75) is 25.8 Å². The summed E-state index contributed by atoms with van der Waals surface area (Å²) in [5.41, 5.74) is -2.18. The zero-order valence-corrected chi connectivity index (χ0v) is 22.3. The van der Waals surface area contributed by atoms with Crippen molar-refractivity contribution in [2.75, 3.05) is 0 Å². The first-order valence-corrected chi connectivity index (χ1v) is 12.8. The van der Waals surface area contributed by atoms with E-state index in [-0.39, 0.29) is 30.9 Å². The Morgan fingerprint density at radius 2 is 1.44 bits per heavy atom. The molecular weight excluding hydrogens is 567 g/mol. The van der Waals surface area contributed by atoms with Crippen LogP contribution in [0.15, 0.2) is 95.3 Å². The lowest BCUT2D eigenvalue weighted by Crippen LogP contribution is -2.42. The molecule has 5 rings (SSSR count). The fourth-order valence-corrected chi connectivity index (χ4v) is 4.51. The summed E-state index contributed by atoms with van der Waals surface area (Å²) in [5.74, 6) is 0. The van der Waals surface area contributed by atoms with Gasteiger partial charge in [0.1, 0.15) is 5.69 Å². The molecular formula is C29H22F3N7O4. The number of alkyl halides is 3. The van der Waals surface area contributed by atoms with Crippen LogP contribution in [0.1, 0.15) is 33.5 Å². The molecule has 14 heteroatoms. The molecule has 0 aliphatic rings. The van der Waals surface area contributed by atoms with Crippen LogP contribution in [-0.4, -0.2) is 33.8 Å². The maximum absolute atomic E-state index is 13.7. The first-order valence-electron chi connectivity index (χ1n) is 12.8. The van der Waals surface area contributed by atoms with Crippen molar-refractivity contribution in [2.24, 2.45) is 0 Å². The molecule has 0 aliphatic heterocycles. The van der Waals surface area contributed by atoms with Gasteiger partial charge in [0.15, 0.2) is 0 Å². The van der Waals surface area contributed by atoms with E-state index in [9.17, 15) is 32.9 Å². The lowest BCUT2D eigenvalue weighted by atomic mass is 10.1. The van der Waals surface area contributed by atoms with Gasteiger partial charge in [-0.05, 0) is 59.2 Å². The molecule has 0 unspecified atom stereocenters. The Morgan fingerprint density at radius 1 is 0.837 bits per heavy atom. The van der Waals surface area contributed by atoms with E-state index in [1.807, 2.05) is 0 Å². The Bertz CT molecular complexity index is 1910. The molecule has 0 radical (unpaired) electrons. The quantitative estimate of drug-likeness (QED) is 0.186. The first-order chi connectivity index (χ1) is 20.6. The fourth-order valence-electron chi connectivity index (χ4n) is 4.51.